The Labute approximate surface area is 95.4 Å². The summed E-state index contributed by atoms with van der Waals surface area (Å²) in [5.41, 5.74) is 5.68. The summed E-state index contributed by atoms with van der Waals surface area (Å²) in [6.45, 7) is -0.231. The minimum Gasteiger partial charge on any atom is -0.508 e. The molecule has 1 unspecified atom stereocenters. The molecule has 0 aromatic heterocycles. The lowest BCUT2D eigenvalue weighted by Gasteiger charge is -2.15. The Hall–Kier alpha value is -1.47. The Morgan fingerprint density at radius 2 is 2.00 bits per heavy atom. The van der Waals surface area contributed by atoms with Gasteiger partial charge in [-0.25, -0.2) is 0 Å². The number of halogens is 3. The van der Waals surface area contributed by atoms with Gasteiger partial charge in [0.2, 0.25) is 0 Å². The van der Waals surface area contributed by atoms with Crippen molar-refractivity contribution in [3.8, 4) is 11.5 Å². The van der Waals surface area contributed by atoms with E-state index in [4.69, 9.17) is 10.8 Å². The molecule has 96 valence electrons. The van der Waals surface area contributed by atoms with Crippen LogP contribution in [0.2, 0.25) is 0 Å². The molecule has 0 heterocycles. The zero-order chi connectivity index (χ0) is 13.1. The summed E-state index contributed by atoms with van der Waals surface area (Å²) in [5.74, 6) is -0.695. The van der Waals surface area contributed by atoms with Gasteiger partial charge in [-0.3, -0.25) is 0 Å². The van der Waals surface area contributed by atoms with Crippen LogP contribution in [-0.2, 0) is 0 Å². The highest BCUT2D eigenvalue weighted by Gasteiger charge is 2.31. The fourth-order valence-electron chi connectivity index (χ4n) is 1.32. The van der Waals surface area contributed by atoms with Gasteiger partial charge in [-0.1, -0.05) is 0 Å². The van der Waals surface area contributed by atoms with Gasteiger partial charge in [0.05, 0.1) is 0 Å². The number of alkyl halides is 3. The molecule has 1 atom stereocenters. The van der Waals surface area contributed by atoms with Gasteiger partial charge in [-0.2, -0.15) is 0 Å². The monoisotopic (exact) mass is 251 g/mol. The lowest BCUT2D eigenvalue weighted by atomic mass is 10.0. The molecule has 1 aromatic rings. The second-order valence-corrected chi connectivity index (χ2v) is 3.39. The molecule has 0 fully saturated rings. The third kappa shape index (κ3) is 4.12. The molecule has 4 N–H and O–H groups in total. The maximum Gasteiger partial charge on any atom is 0.573 e. The van der Waals surface area contributed by atoms with Crippen molar-refractivity contribution >= 4 is 0 Å². The van der Waals surface area contributed by atoms with Crippen LogP contribution in [-0.4, -0.2) is 23.2 Å². The van der Waals surface area contributed by atoms with Crippen LogP contribution in [0, 0.1) is 0 Å². The zero-order valence-electron chi connectivity index (χ0n) is 8.74. The lowest BCUT2D eigenvalue weighted by molar-refractivity contribution is -0.274. The number of nitrogens with two attached hydrogens (primary N) is 1. The minimum atomic E-state index is -4.80. The summed E-state index contributed by atoms with van der Waals surface area (Å²) in [6.07, 6.45) is -4.67. The van der Waals surface area contributed by atoms with Gasteiger partial charge in [0.25, 0.3) is 0 Å². The first-order chi connectivity index (χ1) is 7.83. The first-order valence-electron chi connectivity index (χ1n) is 4.78. The number of rotatable bonds is 4. The van der Waals surface area contributed by atoms with Gasteiger partial charge in [-0.15, -0.1) is 13.2 Å². The molecule has 17 heavy (non-hydrogen) atoms. The van der Waals surface area contributed by atoms with Crippen molar-refractivity contribution in [1.82, 2.24) is 0 Å². The summed E-state index contributed by atoms with van der Waals surface area (Å²) in [4.78, 5) is 0. The molecule has 0 saturated heterocycles. The number of aliphatic hydroxyl groups excluding tert-OH is 1. The van der Waals surface area contributed by atoms with Crippen LogP contribution in [0.4, 0.5) is 13.2 Å². The molecule has 0 amide bonds. The van der Waals surface area contributed by atoms with E-state index in [1.165, 1.54) is 0 Å². The number of phenols is 1. The van der Waals surface area contributed by atoms with Gasteiger partial charge in [0.15, 0.2) is 0 Å². The van der Waals surface area contributed by atoms with Gasteiger partial charge < -0.3 is 20.7 Å². The third-order valence-corrected chi connectivity index (χ3v) is 2.07. The van der Waals surface area contributed by atoms with E-state index in [2.05, 4.69) is 4.74 Å². The van der Waals surface area contributed by atoms with Crippen LogP contribution in [0.3, 0.4) is 0 Å². The van der Waals surface area contributed by atoms with Crippen molar-refractivity contribution in [2.45, 2.75) is 18.8 Å². The van der Waals surface area contributed by atoms with E-state index in [0.717, 1.165) is 18.2 Å². The average molecular weight is 251 g/mol. The van der Waals surface area contributed by atoms with E-state index in [1.807, 2.05) is 0 Å². The van der Waals surface area contributed by atoms with Crippen molar-refractivity contribution in [2.24, 2.45) is 5.73 Å². The molecule has 1 aromatic carbocycles. The van der Waals surface area contributed by atoms with E-state index in [0.29, 0.717) is 0 Å². The van der Waals surface area contributed by atoms with Crippen molar-refractivity contribution in [1.29, 1.82) is 0 Å². The highest BCUT2D eigenvalue weighted by atomic mass is 19.4. The van der Waals surface area contributed by atoms with E-state index in [1.54, 1.807) is 0 Å². The van der Waals surface area contributed by atoms with E-state index >= 15 is 0 Å². The fourth-order valence-corrected chi connectivity index (χ4v) is 1.32. The predicted molar refractivity (Wildman–Crippen MR) is 53.4 cm³/mol. The maximum absolute atomic E-state index is 12.0. The standard InChI is InChI=1S/C10H12F3NO3/c11-10(12,13)17-6-1-2-9(16)7(5-6)8(14)3-4-15/h1-2,5,8,15-16H,3-4,14H2. The maximum atomic E-state index is 12.0. The molecule has 0 spiro atoms. The molecule has 0 bridgehead atoms. The summed E-state index contributed by atoms with van der Waals surface area (Å²) < 4.78 is 39.6. The van der Waals surface area contributed by atoms with E-state index in [9.17, 15) is 18.3 Å². The summed E-state index contributed by atoms with van der Waals surface area (Å²) in [6, 6.07) is 2.30. The minimum absolute atomic E-state index is 0.0980. The zero-order valence-corrected chi connectivity index (χ0v) is 8.74. The number of aliphatic hydroxyl groups is 1. The molecule has 0 aliphatic heterocycles. The second-order valence-electron chi connectivity index (χ2n) is 3.39. The topological polar surface area (TPSA) is 75.7 Å². The van der Waals surface area contributed by atoms with Crippen molar-refractivity contribution in [3.63, 3.8) is 0 Å². The smallest absolute Gasteiger partial charge is 0.508 e. The van der Waals surface area contributed by atoms with Crippen LogP contribution < -0.4 is 10.5 Å². The molecule has 4 nitrogen and oxygen atoms in total. The quantitative estimate of drug-likeness (QED) is 0.760. The number of ether oxygens (including phenoxy) is 1. The first-order valence-corrected chi connectivity index (χ1v) is 4.78. The molecule has 7 heteroatoms. The van der Waals surface area contributed by atoms with Crippen LogP contribution in [0.25, 0.3) is 0 Å². The largest absolute Gasteiger partial charge is 0.573 e. The van der Waals surface area contributed by atoms with Crippen molar-refractivity contribution in [3.05, 3.63) is 23.8 Å². The fraction of sp³-hybridized carbons (Fsp3) is 0.400. The van der Waals surface area contributed by atoms with Crippen LogP contribution in [0.1, 0.15) is 18.0 Å². The van der Waals surface area contributed by atoms with Crippen LogP contribution in [0.15, 0.2) is 18.2 Å². The number of hydrogen-bond donors (Lipinski definition) is 3. The summed E-state index contributed by atoms with van der Waals surface area (Å²) >= 11 is 0. The number of phenolic OH excluding ortho intramolecular Hbond substituents is 1. The third-order valence-electron chi connectivity index (χ3n) is 2.07. The van der Waals surface area contributed by atoms with Gasteiger partial charge in [0, 0.05) is 18.2 Å². The Morgan fingerprint density at radius 3 is 2.53 bits per heavy atom. The van der Waals surface area contributed by atoms with Gasteiger partial charge in [-0.05, 0) is 24.6 Å². The SMILES string of the molecule is NC(CCO)c1cc(OC(F)(F)F)ccc1O. The Bertz CT molecular complexity index is 382. The molecular weight excluding hydrogens is 239 g/mol. The molecular formula is C10H12F3NO3. The van der Waals surface area contributed by atoms with E-state index < -0.39 is 18.2 Å². The molecule has 0 radical (unpaired) electrons. The number of aromatic hydroxyl groups is 1. The van der Waals surface area contributed by atoms with Gasteiger partial charge >= 0.3 is 6.36 Å². The molecule has 1 rings (SSSR count). The second kappa shape index (κ2) is 5.24. The first kappa shape index (κ1) is 13.6. The Morgan fingerprint density at radius 1 is 1.35 bits per heavy atom. The molecule has 0 saturated carbocycles. The normalized spacial score (nSPS) is 13.5. The summed E-state index contributed by atoms with van der Waals surface area (Å²) in [7, 11) is 0. The van der Waals surface area contributed by atoms with Crippen LogP contribution >= 0.6 is 0 Å². The Balaban J connectivity index is 2.94. The number of benzene rings is 1. The molecule has 0 aliphatic rings. The average Bonchev–Trinajstić information content (AvgIpc) is 2.19. The highest BCUT2D eigenvalue weighted by Crippen LogP contribution is 2.31. The van der Waals surface area contributed by atoms with Crippen LogP contribution in [0.5, 0.6) is 11.5 Å². The highest BCUT2D eigenvalue weighted by molar-refractivity contribution is 5.41. The Kier molecular flexibility index (Phi) is 4.19. The lowest BCUT2D eigenvalue weighted by Crippen LogP contribution is -2.18. The number of hydrogen-bond acceptors (Lipinski definition) is 4. The van der Waals surface area contributed by atoms with Crippen molar-refractivity contribution in [2.75, 3.05) is 6.61 Å². The predicted octanol–water partition coefficient (Wildman–Crippen LogP) is 1.67. The van der Waals surface area contributed by atoms with Crippen molar-refractivity contribution < 1.29 is 28.1 Å². The van der Waals surface area contributed by atoms with E-state index in [-0.39, 0.29) is 24.3 Å². The molecule has 0 aliphatic carbocycles. The van der Waals surface area contributed by atoms with Gasteiger partial charge in [0.1, 0.15) is 11.5 Å². The summed E-state index contributed by atoms with van der Waals surface area (Å²) in [5, 5.41) is 18.1.